The summed E-state index contributed by atoms with van der Waals surface area (Å²) in [5, 5.41) is 6.43. The highest BCUT2D eigenvalue weighted by Crippen LogP contribution is 2.42. The second kappa shape index (κ2) is 6.46. The molecule has 6 nitrogen and oxygen atoms in total. The maximum absolute atomic E-state index is 12.4. The van der Waals surface area contributed by atoms with Crippen molar-refractivity contribution < 1.29 is 8.42 Å². The van der Waals surface area contributed by atoms with Crippen molar-refractivity contribution >= 4 is 10.0 Å². The number of nitrogens with two attached hydrogens (primary N) is 1. The molecule has 0 saturated heterocycles. The highest BCUT2D eigenvalue weighted by Gasteiger charge is 2.36. The minimum absolute atomic E-state index is 0.0997. The first-order valence-corrected chi connectivity index (χ1v) is 9.09. The van der Waals surface area contributed by atoms with E-state index >= 15 is 0 Å². The van der Waals surface area contributed by atoms with Gasteiger partial charge in [-0.2, -0.15) is 5.10 Å². The number of H-pyrrole nitrogens is 1. The summed E-state index contributed by atoms with van der Waals surface area (Å²) in [5.74, 6) is 0.569. The first kappa shape index (κ1) is 16.5. The molecule has 1 aliphatic carbocycles. The van der Waals surface area contributed by atoms with Crippen LogP contribution in [-0.2, 0) is 16.6 Å². The molecule has 21 heavy (non-hydrogen) atoms. The molecule has 1 aromatic heterocycles. The lowest BCUT2D eigenvalue weighted by atomic mass is 9.79. The minimum atomic E-state index is -3.57. The zero-order valence-electron chi connectivity index (χ0n) is 12.9. The van der Waals surface area contributed by atoms with E-state index in [1.165, 1.54) is 19.0 Å². The van der Waals surface area contributed by atoms with E-state index in [4.69, 9.17) is 5.73 Å². The molecule has 0 aromatic carbocycles. The molecule has 1 aromatic rings. The number of rotatable bonds is 7. The van der Waals surface area contributed by atoms with Gasteiger partial charge in [-0.1, -0.05) is 26.7 Å². The molecule has 1 fully saturated rings. The van der Waals surface area contributed by atoms with Crippen LogP contribution in [0.25, 0.3) is 0 Å². The van der Waals surface area contributed by atoms with Crippen LogP contribution in [0.3, 0.4) is 0 Å². The van der Waals surface area contributed by atoms with Crippen LogP contribution in [0.15, 0.2) is 11.2 Å². The number of hydrogen-bond acceptors (Lipinski definition) is 4. The Labute approximate surface area is 126 Å². The van der Waals surface area contributed by atoms with Crippen molar-refractivity contribution in [3.05, 3.63) is 11.8 Å². The van der Waals surface area contributed by atoms with Gasteiger partial charge in [0.2, 0.25) is 0 Å². The molecule has 0 spiro atoms. The third-order valence-corrected chi connectivity index (χ3v) is 5.72. The summed E-state index contributed by atoms with van der Waals surface area (Å²) in [6, 6.07) is 0. The van der Waals surface area contributed by atoms with Crippen LogP contribution < -0.4 is 10.5 Å². The van der Waals surface area contributed by atoms with Crippen molar-refractivity contribution in [3.63, 3.8) is 0 Å². The van der Waals surface area contributed by atoms with Gasteiger partial charge < -0.3 is 5.73 Å². The summed E-state index contributed by atoms with van der Waals surface area (Å²) >= 11 is 0. The Morgan fingerprint density at radius 3 is 2.67 bits per heavy atom. The van der Waals surface area contributed by atoms with Crippen molar-refractivity contribution in [2.24, 2.45) is 17.1 Å². The Kier molecular flexibility index (Phi) is 5.06. The van der Waals surface area contributed by atoms with Crippen molar-refractivity contribution in [1.29, 1.82) is 0 Å². The third kappa shape index (κ3) is 3.84. The van der Waals surface area contributed by atoms with Gasteiger partial charge in [0.05, 0.1) is 6.20 Å². The minimum Gasteiger partial charge on any atom is -0.326 e. The van der Waals surface area contributed by atoms with E-state index in [0.717, 1.165) is 19.3 Å². The molecule has 0 aliphatic heterocycles. The Morgan fingerprint density at radius 1 is 1.43 bits per heavy atom. The highest BCUT2D eigenvalue weighted by atomic mass is 32.2. The van der Waals surface area contributed by atoms with Gasteiger partial charge in [-0.25, -0.2) is 13.1 Å². The normalized spacial score (nSPS) is 18.5. The van der Waals surface area contributed by atoms with Crippen molar-refractivity contribution in [1.82, 2.24) is 14.9 Å². The van der Waals surface area contributed by atoms with E-state index in [9.17, 15) is 8.42 Å². The van der Waals surface area contributed by atoms with Gasteiger partial charge in [0.25, 0.3) is 10.0 Å². The lowest BCUT2D eigenvalue weighted by Gasteiger charge is -2.31. The molecule has 2 rings (SSSR count). The van der Waals surface area contributed by atoms with E-state index in [-0.39, 0.29) is 17.0 Å². The molecular formula is C14H26N4O2S. The molecule has 0 bridgehead atoms. The Bertz CT molecular complexity index is 559. The SMILES string of the molecule is CC(C)CC1(CNS(=O)(=O)c2[nH]ncc2CN)CCCC1. The van der Waals surface area contributed by atoms with E-state index in [1.54, 1.807) is 0 Å². The molecule has 4 N–H and O–H groups in total. The number of nitrogens with zero attached hydrogens (tertiary/aromatic N) is 1. The summed E-state index contributed by atoms with van der Waals surface area (Å²) < 4.78 is 27.6. The first-order chi connectivity index (χ1) is 9.88. The van der Waals surface area contributed by atoms with Crippen LogP contribution in [0.1, 0.15) is 51.5 Å². The molecule has 1 aliphatic rings. The first-order valence-electron chi connectivity index (χ1n) is 7.60. The van der Waals surface area contributed by atoms with Crippen molar-refractivity contribution in [2.75, 3.05) is 6.54 Å². The number of nitrogens with one attached hydrogen (secondary N) is 2. The molecule has 7 heteroatoms. The molecule has 0 amide bonds. The van der Waals surface area contributed by atoms with Gasteiger partial charge >= 0.3 is 0 Å². The lowest BCUT2D eigenvalue weighted by molar-refractivity contribution is 0.236. The predicted molar refractivity (Wildman–Crippen MR) is 82.0 cm³/mol. The van der Waals surface area contributed by atoms with E-state index < -0.39 is 10.0 Å². The van der Waals surface area contributed by atoms with E-state index in [0.29, 0.717) is 18.0 Å². The Morgan fingerprint density at radius 2 is 2.10 bits per heavy atom. The molecule has 120 valence electrons. The van der Waals surface area contributed by atoms with Gasteiger partial charge in [0.1, 0.15) is 0 Å². The summed E-state index contributed by atoms with van der Waals surface area (Å²) in [6.45, 7) is 5.03. The van der Waals surface area contributed by atoms with Gasteiger partial charge in [-0.05, 0) is 30.6 Å². The Hall–Kier alpha value is -0.920. The highest BCUT2D eigenvalue weighted by molar-refractivity contribution is 7.89. The predicted octanol–water partition coefficient (Wildman–Crippen LogP) is 1.75. The largest absolute Gasteiger partial charge is 0.326 e. The molecule has 1 saturated carbocycles. The quantitative estimate of drug-likeness (QED) is 0.713. The summed E-state index contributed by atoms with van der Waals surface area (Å²) in [5.41, 5.74) is 6.17. The van der Waals surface area contributed by atoms with Crippen LogP contribution in [0, 0.1) is 11.3 Å². The van der Waals surface area contributed by atoms with Gasteiger partial charge in [-0.15, -0.1) is 0 Å². The summed E-state index contributed by atoms with van der Waals surface area (Å²) in [6.07, 6.45) is 7.09. The van der Waals surface area contributed by atoms with Crippen LogP contribution in [0.4, 0.5) is 0 Å². The second-order valence-electron chi connectivity index (χ2n) is 6.56. The summed E-state index contributed by atoms with van der Waals surface area (Å²) in [4.78, 5) is 0. The summed E-state index contributed by atoms with van der Waals surface area (Å²) in [7, 11) is -3.57. The van der Waals surface area contributed by atoms with Gasteiger partial charge in [0, 0.05) is 18.7 Å². The average molecular weight is 314 g/mol. The van der Waals surface area contributed by atoms with E-state index in [1.807, 2.05) is 0 Å². The zero-order chi connectivity index (χ0) is 15.5. The van der Waals surface area contributed by atoms with Crippen LogP contribution in [0.5, 0.6) is 0 Å². The fraction of sp³-hybridized carbons (Fsp3) is 0.786. The fourth-order valence-electron chi connectivity index (χ4n) is 3.44. The van der Waals surface area contributed by atoms with Crippen LogP contribution in [-0.4, -0.2) is 25.2 Å². The molecule has 1 heterocycles. The number of sulfonamides is 1. The fourth-order valence-corrected chi connectivity index (χ4v) is 4.74. The second-order valence-corrected chi connectivity index (χ2v) is 8.26. The topological polar surface area (TPSA) is 101 Å². The number of hydrogen-bond donors (Lipinski definition) is 3. The van der Waals surface area contributed by atoms with Gasteiger partial charge in [-0.3, -0.25) is 5.10 Å². The number of aromatic nitrogens is 2. The maximum Gasteiger partial charge on any atom is 0.257 e. The standard InChI is InChI=1S/C14H26N4O2S/c1-11(2)7-14(5-3-4-6-14)10-17-21(19,20)13-12(8-15)9-16-18-13/h9,11,17H,3-8,10,15H2,1-2H3,(H,16,18). The van der Waals surface area contributed by atoms with E-state index in [2.05, 4.69) is 28.8 Å². The number of aromatic amines is 1. The average Bonchev–Trinajstić information content (AvgIpc) is 3.05. The monoisotopic (exact) mass is 314 g/mol. The smallest absolute Gasteiger partial charge is 0.257 e. The zero-order valence-corrected chi connectivity index (χ0v) is 13.7. The molecule has 0 radical (unpaired) electrons. The maximum atomic E-state index is 12.4. The Balaban J connectivity index is 2.10. The van der Waals surface area contributed by atoms with Crippen LogP contribution >= 0.6 is 0 Å². The molecule has 0 unspecified atom stereocenters. The molecular weight excluding hydrogens is 288 g/mol. The molecule has 0 atom stereocenters. The van der Waals surface area contributed by atoms with Gasteiger partial charge in [0.15, 0.2) is 5.03 Å². The lowest BCUT2D eigenvalue weighted by Crippen LogP contribution is -2.37. The third-order valence-electron chi connectivity index (χ3n) is 4.31. The van der Waals surface area contributed by atoms with Crippen LogP contribution in [0.2, 0.25) is 0 Å². The van der Waals surface area contributed by atoms with Crippen molar-refractivity contribution in [2.45, 2.75) is 57.5 Å². The van der Waals surface area contributed by atoms with Crippen molar-refractivity contribution in [3.8, 4) is 0 Å².